The molecular weight excluding hydrogens is 216 g/mol. The van der Waals surface area contributed by atoms with Crippen molar-refractivity contribution in [2.45, 2.75) is 105 Å². The van der Waals surface area contributed by atoms with Crippen LogP contribution in [0.25, 0.3) is 0 Å². The number of hydrogen-bond donors (Lipinski definition) is 0. The van der Waals surface area contributed by atoms with Gasteiger partial charge in [0.2, 0.25) is 0 Å². The van der Waals surface area contributed by atoms with Crippen molar-refractivity contribution in [3.05, 3.63) is 0 Å². The fourth-order valence-electron chi connectivity index (χ4n) is 3.06. The van der Waals surface area contributed by atoms with Crippen LogP contribution < -0.4 is 0 Å². The van der Waals surface area contributed by atoms with E-state index in [1.165, 1.54) is 77.0 Å². The Bertz CT molecular complexity index is 150. The predicted molar refractivity (Wildman–Crippen MR) is 85.1 cm³/mol. The first-order valence-corrected chi connectivity index (χ1v) is 8.74. The molecule has 0 aliphatic heterocycles. The normalized spacial score (nSPS) is 14.7. The summed E-state index contributed by atoms with van der Waals surface area (Å²) >= 11 is 0. The zero-order chi connectivity index (χ0) is 13.6. The van der Waals surface area contributed by atoms with E-state index < -0.39 is 0 Å². The summed E-state index contributed by atoms with van der Waals surface area (Å²) in [6.07, 6.45) is 17.3. The fourth-order valence-corrected chi connectivity index (χ4v) is 3.06. The van der Waals surface area contributed by atoms with E-state index in [1.54, 1.807) is 0 Å². The van der Waals surface area contributed by atoms with Crippen LogP contribution in [0, 0.1) is 11.8 Å². The third-order valence-corrected chi connectivity index (χ3v) is 4.20. The summed E-state index contributed by atoms with van der Waals surface area (Å²) in [6.45, 7) is 9.43. The van der Waals surface area contributed by atoms with Gasteiger partial charge in [-0.25, -0.2) is 0 Å². The van der Waals surface area contributed by atoms with E-state index in [-0.39, 0.29) is 0 Å². The molecule has 0 heteroatoms. The van der Waals surface area contributed by atoms with E-state index in [4.69, 9.17) is 0 Å². The lowest BCUT2D eigenvalue weighted by molar-refractivity contribution is 0.321. The molecule has 0 aliphatic carbocycles. The zero-order valence-electron chi connectivity index (χ0n) is 13.6. The maximum atomic E-state index is 2.47. The zero-order valence-corrected chi connectivity index (χ0v) is 13.6. The van der Waals surface area contributed by atoms with Gasteiger partial charge in [-0.05, 0) is 18.3 Å². The molecule has 18 heavy (non-hydrogen) atoms. The highest BCUT2D eigenvalue weighted by Gasteiger charge is 2.12. The Labute approximate surface area is 117 Å². The van der Waals surface area contributed by atoms with Crippen LogP contribution in [0.15, 0.2) is 0 Å². The monoisotopic (exact) mass is 254 g/mol. The van der Waals surface area contributed by atoms with Gasteiger partial charge in [-0.3, -0.25) is 0 Å². The highest BCUT2D eigenvalue weighted by atomic mass is 14.2. The smallest absolute Gasteiger partial charge is 0.0412 e. The van der Waals surface area contributed by atoms with Crippen LogP contribution in [-0.2, 0) is 0 Å². The van der Waals surface area contributed by atoms with Gasteiger partial charge in [-0.2, -0.15) is 0 Å². The van der Waals surface area contributed by atoms with Gasteiger partial charge in [0.05, 0.1) is 0 Å². The fraction of sp³-hybridized carbons (Fsp3) is 1.00. The molecule has 0 aliphatic rings. The first-order valence-electron chi connectivity index (χ1n) is 8.74. The Morgan fingerprint density at radius 2 is 1.28 bits per heavy atom. The molecule has 0 rings (SSSR count). The van der Waals surface area contributed by atoms with E-state index in [0.29, 0.717) is 0 Å². The van der Waals surface area contributed by atoms with Crippen molar-refractivity contribution in [2.24, 2.45) is 11.8 Å². The molecule has 2 unspecified atom stereocenters. The van der Waals surface area contributed by atoms with E-state index in [2.05, 4.69) is 27.7 Å². The molecule has 0 aromatic carbocycles. The summed E-state index contributed by atoms with van der Waals surface area (Å²) < 4.78 is 0. The van der Waals surface area contributed by atoms with Crippen molar-refractivity contribution in [3.8, 4) is 0 Å². The summed E-state index contributed by atoms with van der Waals surface area (Å²) in [5.74, 6) is 1.97. The molecule has 0 spiro atoms. The summed E-state index contributed by atoms with van der Waals surface area (Å²) in [7, 11) is 0. The van der Waals surface area contributed by atoms with Gasteiger partial charge >= 0.3 is 0 Å². The number of unbranched alkanes of at least 4 members (excludes halogenated alkanes) is 5. The van der Waals surface area contributed by atoms with Gasteiger partial charge in [-0.1, -0.05) is 98.3 Å². The predicted octanol–water partition coefficient (Wildman–Crippen LogP) is 6.98. The molecule has 0 aromatic rings. The van der Waals surface area contributed by atoms with Crippen molar-refractivity contribution < 1.29 is 0 Å². The first-order chi connectivity index (χ1) is 8.74. The third kappa shape index (κ3) is 11.1. The van der Waals surface area contributed by atoms with Gasteiger partial charge < -0.3 is 0 Å². The lowest BCUT2D eigenvalue weighted by atomic mass is 9.86. The molecule has 0 bridgehead atoms. The SMILES string of the molecule is CCCCCCCC(CCC)CC(C)CCCC. The summed E-state index contributed by atoms with van der Waals surface area (Å²) in [5, 5.41) is 0. The van der Waals surface area contributed by atoms with Crippen molar-refractivity contribution in [1.82, 2.24) is 0 Å². The first kappa shape index (κ1) is 18.0. The van der Waals surface area contributed by atoms with Gasteiger partial charge in [0.15, 0.2) is 0 Å². The second-order valence-electron chi connectivity index (χ2n) is 6.34. The molecule has 0 radical (unpaired) electrons. The van der Waals surface area contributed by atoms with Crippen molar-refractivity contribution in [1.29, 1.82) is 0 Å². The standard InChI is InChI=1S/C18H38/c1-5-8-10-11-12-15-18(13-7-3)16-17(4)14-9-6-2/h17-18H,5-16H2,1-4H3. The van der Waals surface area contributed by atoms with E-state index in [0.717, 1.165) is 11.8 Å². The highest BCUT2D eigenvalue weighted by molar-refractivity contribution is 4.64. The molecule has 0 N–H and O–H groups in total. The van der Waals surface area contributed by atoms with E-state index >= 15 is 0 Å². The van der Waals surface area contributed by atoms with Gasteiger partial charge in [0.25, 0.3) is 0 Å². The average Bonchev–Trinajstić information content (AvgIpc) is 2.36. The summed E-state index contributed by atoms with van der Waals surface area (Å²) in [5.41, 5.74) is 0. The van der Waals surface area contributed by atoms with Gasteiger partial charge in [0.1, 0.15) is 0 Å². The Morgan fingerprint density at radius 1 is 0.611 bits per heavy atom. The molecule has 0 fully saturated rings. The molecule has 2 atom stereocenters. The molecular formula is C18H38. The van der Waals surface area contributed by atoms with Crippen LogP contribution in [0.2, 0.25) is 0 Å². The van der Waals surface area contributed by atoms with Crippen molar-refractivity contribution >= 4 is 0 Å². The second kappa shape index (κ2) is 13.4. The van der Waals surface area contributed by atoms with Crippen molar-refractivity contribution in [3.63, 3.8) is 0 Å². The Morgan fingerprint density at radius 3 is 1.89 bits per heavy atom. The van der Waals surface area contributed by atoms with Gasteiger partial charge in [0, 0.05) is 0 Å². The van der Waals surface area contributed by atoms with E-state index in [1.807, 2.05) is 0 Å². The average molecular weight is 255 g/mol. The lowest BCUT2D eigenvalue weighted by Crippen LogP contribution is -2.07. The van der Waals surface area contributed by atoms with E-state index in [9.17, 15) is 0 Å². The number of hydrogen-bond acceptors (Lipinski definition) is 0. The molecule has 0 heterocycles. The second-order valence-corrected chi connectivity index (χ2v) is 6.34. The Balaban J connectivity index is 3.69. The van der Waals surface area contributed by atoms with Crippen LogP contribution in [0.5, 0.6) is 0 Å². The summed E-state index contributed by atoms with van der Waals surface area (Å²) in [4.78, 5) is 0. The molecule has 0 amide bonds. The maximum absolute atomic E-state index is 2.47. The van der Waals surface area contributed by atoms with Crippen LogP contribution in [0.1, 0.15) is 105 Å². The molecule has 0 aromatic heterocycles. The van der Waals surface area contributed by atoms with Crippen LogP contribution >= 0.6 is 0 Å². The van der Waals surface area contributed by atoms with Crippen molar-refractivity contribution in [2.75, 3.05) is 0 Å². The quantitative estimate of drug-likeness (QED) is 0.311. The maximum Gasteiger partial charge on any atom is -0.0412 e. The summed E-state index contributed by atoms with van der Waals surface area (Å²) in [6, 6.07) is 0. The molecule has 0 saturated heterocycles. The lowest BCUT2D eigenvalue weighted by Gasteiger charge is -2.20. The van der Waals surface area contributed by atoms with Crippen LogP contribution in [0.4, 0.5) is 0 Å². The molecule has 0 saturated carbocycles. The minimum Gasteiger partial charge on any atom is -0.0654 e. The van der Waals surface area contributed by atoms with Crippen LogP contribution in [0.3, 0.4) is 0 Å². The highest BCUT2D eigenvalue weighted by Crippen LogP contribution is 2.26. The third-order valence-electron chi connectivity index (χ3n) is 4.20. The van der Waals surface area contributed by atoms with Crippen LogP contribution in [-0.4, -0.2) is 0 Å². The molecule has 0 nitrogen and oxygen atoms in total. The largest absolute Gasteiger partial charge is 0.0654 e. The minimum atomic E-state index is 0.956. The minimum absolute atomic E-state index is 0.956. The number of rotatable bonds is 13. The Kier molecular flexibility index (Phi) is 13.4. The van der Waals surface area contributed by atoms with Gasteiger partial charge in [-0.15, -0.1) is 0 Å². The topological polar surface area (TPSA) is 0 Å². The molecule has 110 valence electrons. The Hall–Kier alpha value is 0.